The number of piperidine rings is 3. The molecule has 3 aliphatic heterocycles. The fraction of sp³-hybridized carbons (Fsp3) is 0.448. The zero-order chi connectivity index (χ0) is 22.4. The Bertz CT molecular complexity index is 1200. The molecule has 2 aromatic carbocycles. The van der Waals surface area contributed by atoms with Crippen LogP contribution in [0.1, 0.15) is 54.6 Å². The lowest BCUT2D eigenvalue weighted by molar-refractivity contribution is -0.124. The Morgan fingerprint density at radius 3 is 2.52 bits per heavy atom. The van der Waals surface area contributed by atoms with Crippen molar-refractivity contribution >= 4 is 22.5 Å². The van der Waals surface area contributed by atoms with E-state index in [1.165, 1.54) is 32.4 Å². The predicted octanol–water partition coefficient (Wildman–Crippen LogP) is 5.93. The van der Waals surface area contributed by atoms with Crippen molar-refractivity contribution in [1.82, 2.24) is 4.90 Å². The second kappa shape index (κ2) is 8.57. The van der Waals surface area contributed by atoms with E-state index in [4.69, 9.17) is 4.42 Å². The van der Waals surface area contributed by atoms with Gasteiger partial charge in [0, 0.05) is 36.3 Å². The summed E-state index contributed by atoms with van der Waals surface area (Å²) in [5.74, 6) is 2.35. The highest BCUT2D eigenvalue weighted by Gasteiger charge is 2.35. The molecule has 1 aromatic heterocycles. The fourth-order valence-corrected chi connectivity index (χ4v) is 6.01. The molecule has 0 spiro atoms. The Morgan fingerprint density at radius 1 is 0.970 bits per heavy atom. The van der Waals surface area contributed by atoms with Gasteiger partial charge in [-0.1, -0.05) is 48.9 Å². The first-order valence-corrected chi connectivity index (χ1v) is 12.5. The van der Waals surface area contributed by atoms with Gasteiger partial charge in [0.25, 0.3) is 0 Å². The minimum Gasteiger partial charge on any atom is -0.452 e. The second-order valence-electron chi connectivity index (χ2n) is 10.3. The van der Waals surface area contributed by atoms with Crippen molar-refractivity contribution in [2.45, 2.75) is 44.9 Å². The van der Waals surface area contributed by atoms with E-state index in [0.29, 0.717) is 36.2 Å². The molecule has 1 saturated carbocycles. The van der Waals surface area contributed by atoms with E-state index in [1.54, 1.807) is 0 Å². The number of carbonyl (C=O) groups excluding carboxylic acids is 2. The Balaban J connectivity index is 1.24. The van der Waals surface area contributed by atoms with Gasteiger partial charge >= 0.3 is 0 Å². The number of nitrogens with zero attached hydrogens (tertiary/aromatic N) is 1. The first kappa shape index (κ1) is 20.9. The zero-order valence-corrected chi connectivity index (χ0v) is 19.1. The first-order chi connectivity index (χ1) is 16.1. The molecule has 1 aliphatic carbocycles. The van der Waals surface area contributed by atoms with Crippen LogP contribution in [0.3, 0.4) is 0 Å². The number of hydrogen-bond donors (Lipinski definition) is 0. The minimum atomic E-state index is 0.121. The van der Waals surface area contributed by atoms with E-state index in [9.17, 15) is 9.59 Å². The van der Waals surface area contributed by atoms with Crippen LogP contribution in [0.2, 0.25) is 0 Å². The Morgan fingerprint density at radius 2 is 1.79 bits per heavy atom. The molecule has 0 N–H and O–H groups in total. The normalized spacial score (nSPS) is 24.7. The maximum atomic E-state index is 13.1. The van der Waals surface area contributed by atoms with Gasteiger partial charge in [-0.15, -0.1) is 0 Å². The summed E-state index contributed by atoms with van der Waals surface area (Å²) in [4.78, 5) is 28.1. The molecular formula is C29H31NO3. The fourth-order valence-electron chi connectivity index (χ4n) is 6.01. The molecule has 33 heavy (non-hydrogen) atoms. The summed E-state index contributed by atoms with van der Waals surface area (Å²) in [7, 11) is 0. The molecule has 3 aromatic rings. The lowest BCUT2D eigenvalue weighted by Gasteiger charge is -2.44. The number of ketones is 2. The van der Waals surface area contributed by atoms with E-state index in [1.807, 2.05) is 36.4 Å². The van der Waals surface area contributed by atoms with Crippen molar-refractivity contribution in [3.05, 3.63) is 59.9 Å². The standard InChI is InChI=1S/C29H31NO3/c31-26(21-5-2-6-21)15-19-4-1-7-22(14-19)25-9-3-8-23-17-28(33-29(23)25)27(32)16-24-18-30-12-10-20(24)11-13-30/h1,3-4,7-9,14,17,20-21,24H,2,5-6,10-13,15-16,18H2/t24-/m0/s1. The number of furan rings is 1. The third-order valence-electron chi connectivity index (χ3n) is 8.23. The van der Waals surface area contributed by atoms with Crippen molar-refractivity contribution < 1.29 is 14.0 Å². The Hall–Kier alpha value is -2.72. The van der Waals surface area contributed by atoms with Crippen LogP contribution in [0.15, 0.2) is 52.9 Å². The molecule has 7 rings (SSSR count). The number of hydrogen-bond acceptors (Lipinski definition) is 4. The van der Waals surface area contributed by atoms with Crippen LogP contribution in [0.5, 0.6) is 0 Å². The van der Waals surface area contributed by atoms with E-state index in [-0.39, 0.29) is 11.7 Å². The molecule has 3 saturated heterocycles. The van der Waals surface area contributed by atoms with Gasteiger partial charge in [-0.3, -0.25) is 9.59 Å². The maximum Gasteiger partial charge on any atom is 0.198 e. The van der Waals surface area contributed by atoms with E-state index in [2.05, 4.69) is 17.0 Å². The van der Waals surface area contributed by atoms with E-state index >= 15 is 0 Å². The van der Waals surface area contributed by atoms with Gasteiger partial charge in [0.05, 0.1) is 0 Å². The van der Waals surface area contributed by atoms with E-state index in [0.717, 1.165) is 47.0 Å². The topological polar surface area (TPSA) is 50.5 Å². The molecular weight excluding hydrogens is 410 g/mol. The number of Topliss-reactive ketones (excluding diaryl/α,β-unsaturated/α-hetero) is 2. The number of benzene rings is 2. The summed E-state index contributed by atoms with van der Waals surface area (Å²) in [5, 5.41) is 0.959. The summed E-state index contributed by atoms with van der Waals surface area (Å²) in [6.07, 6.45) is 6.79. The highest BCUT2D eigenvalue weighted by molar-refractivity contribution is 6.01. The number of carbonyl (C=O) groups is 2. The summed E-state index contributed by atoms with van der Waals surface area (Å²) in [6.45, 7) is 3.43. The number of rotatable bonds is 7. The van der Waals surface area contributed by atoms with Gasteiger partial charge < -0.3 is 9.32 Å². The third kappa shape index (κ3) is 4.06. The smallest absolute Gasteiger partial charge is 0.198 e. The highest BCUT2D eigenvalue weighted by Crippen LogP contribution is 2.37. The van der Waals surface area contributed by atoms with Crippen molar-refractivity contribution in [3.63, 3.8) is 0 Å². The summed E-state index contributed by atoms with van der Waals surface area (Å²) >= 11 is 0. The average Bonchev–Trinajstić information content (AvgIpc) is 3.23. The SMILES string of the molecule is O=C(C[C@H]1CN2CCC1CC2)c1cc2cccc(-c3cccc(CC(=O)C4CCC4)c3)c2o1. The van der Waals surface area contributed by atoms with Crippen LogP contribution in [0.25, 0.3) is 22.1 Å². The number of fused-ring (bicyclic) bond motifs is 4. The summed E-state index contributed by atoms with van der Waals surface area (Å²) < 4.78 is 6.19. The van der Waals surface area contributed by atoms with Crippen molar-refractivity contribution in [3.8, 4) is 11.1 Å². The molecule has 170 valence electrons. The molecule has 4 aliphatic rings. The van der Waals surface area contributed by atoms with Gasteiger partial charge in [-0.2, -0.15) is 0 Å². The van der Waals surface area contributed by atoms with Crippen LogP contribution in [0.4, 0.5) is 0 Å². The lowest BCUT2D eigenvalue weighted by Crippen LogP contribution is -2.47. The van der Waals surface area contributed by atoms with Crippen LogP contribution in [-0.4, -0.2) is 36.1 Å². The van der Waals surface area contributed by atoms with Gasteiger partial charge in [-0.05, 0) is 67.8 Å². The van der Waals surface area contributed by atoms with Crippen LogP contribution in [0, 0.1) is 17.8 Å². The largest absolute Gasteiger partial charge is 0.452 e. The third-order valence-corrected chi connectivity index (χ3v) is 8.23. The molecule has 0 unspecified atom stereocenters. The zero-order valence-electron chi connectivity index (χ0n) is 19.1. The average molecular weight is 442 g/mol. The summed E-state index contributed by atoms with van der Waals surface area (Å²) in [5.41, 5.74) is 3.82. The molecule has 0 amide bonds. The van der Waals surface area contributed by atoms with Gasteiger partial charge in [0.1, 0.15) is 11.4 Å². The monoisotopic (exact) mass is 441 g/mol. The molecule has 2 bridgehead atoms. The van der Waals surface area contributed by atoms with E-state index < -0.39 is 0 Å². The lowest BCUT2D eigenvalue weighted by atomic mass is 9.76. The van der Waals surface area contributed by atoms with Gasteiger partial charge in [-0.25, -0.2) is 0 Å². The molecule has 4 fully saturated rings. The second-order valence-corrected chi connectivity index (χ2v) is 10.3. The first-order valence-electron chi connectivity index (χ1n) is 12.5. The predicted molar refractivity (Wildman–Crippen MR) is 129 cm³/mol. The van der Waals surface area contributed by atoms with Crippen molar-refractivity contribution in [2.24, 2.45) is 17.8 Å². The Kier molecular flexibility index (Phi) is 5.41. The van der Waals surface area contributed by atoms with Crippen LogP contribution < -0.4 is 0 Å². The summed E-state index contributed by atoms with van der Waals surface area (Å²) in [6, 6.07) is 16.2. The molecule has 4 heterocycles. The maximum absolute atomic E-state index is 13.1. The number of para-hydroxylation sites is 1. The van der Waals surface area contributed by atoms with Gasteiger partial charge in [0.2, 0.25) is 0 Å². The highest BCUT2D eigenvalue weighted by atomic mass is 16.3. The quantitative estimate of drug-likeness (QED) is 0.427. The molecule has 1 atom stereocenters. The van der Waals surface area contributed by atoms with Crippen LogP contribution >= 0.6 is 0 Å². The van der Waals surface area contributed by atoms with Crippen molar-refractivity contribution in [1.29, 1.82) is 0 Å². The molecule has 4 nitrogen and oxygen atoms in total. The molecule has 4 heteroatoms. The minimum absolute atomic E-state index is 0.121. The molecule has 0 radical (unpaired) electrons. The van der Waals surface area contributed by atoms with Crippen LogP contribution in [-0.2, 0) is 11.2 Å². The Labute approximate surface area is 195 Å². The van der Waals surface area contributed by atoms with Crippen molar-refractivity contribution in [2.75, 3.05) is 19.6 Å². The van der Waals surface area contributed by atoms with Gasteiger partial charge in [0.15, 0.2) is 11.5 Å².